The number of thiazole rings is 1. The van der Waals surface area contributed by atoms with E-state index in [-0.39, 0.29) is 12.0 Å². The number of carbonyl (C=O) groups excluding carboxylic acids is 1. The Bertz CT molecular complexity index is 948. The van der Waals surface area contributed by atoms with Gasteiger partial charge in [-0.3, -0.25) is 9.69 Å². The minimum atomic E-state index is -0.0723. The molecule has 1 fully saturated rings. The number of rotatable bonds is 5. The van der Waals surface area contributed by atoms with Crippen LogP contribution in [0.3, 0.4) is 0 Å². The van der Waals surface area contributed by atoms with Gasteiger partial charge in [0.05, 0.1) is 22.9 Å². The zero-order valence-corrected chi connectivity index (χ0v) is 16.7. The van der Waals surface area contributed by atoms with Crippen molar-refractivity contribution >= 4 is 44.2 Å². The molecule has 1 aliphatic rings. The number of hydrogen-bond acceptors (Lipinski definition) is 4. The number of hydrogen-bond donors (Lipinski definition) is 0. The van der Waals surface area contributed by atoms with Gasteiger partial charge in [0, 0.05) is 17.2 Å². The fourth-order valence-corrected chi connectivity index (χ4v) is 4.44. The van der Waals surface area contributed by atoms with Gasteiger partial charge >= 0.3 is 0 Å². The van der Waals surface area contributed by atoms with Gasteiger partial charge in [0.25, 0.3) is 5.91 Å². The molecule has 2 heterocycles. The Morgan fingerprint density at radius 1 is 1.30 bits per heavy atom. The van der Waals surface area contributed by atoms with Crippen LogP contribution >= 0.6 is 22.9 Å². The fraction of sp³-hybridized carbons (Fsp3) is 0.333. The van der Waals surface area contributed by atoms with E-state index in [1.165, 1.54) is 5.56 Å². The SMILES string of the molecule is CCc1ccc2nc(N(CC3CCCO3)C(=O)c3ccc(Cl)cc3)sc2c1. The van der Waals surface area contributed by atoms with Crippen molar-refractivity contribution in [2.75, 3.05) is 18.1 Å². The van der Waals surface area contributed by atoms with Gasteiger partial charge in [0.1, 0.15) is 0 Å². The van der Waals surface area contributed by atoms with Crippen molar-refractivity contribution in [1.82, 2.24) is 4.98 Å². The van der Waals surface area contributed by atoms with Crippen molar-refractivity contribution in [1.29, 1.82) is 0 Å². The van der Waals surface area contributed by atoms with E-state index < -0.39 is 0 Å². The van der Waals surface area contributed by atoms with Gasteiger partial charge in [-0.25, -0.2) is 4.98 Å². The Morgan fingerprint density at radius 3 is 2.81 bits per heavy atom. The summed E-state index contributed by atoms with van der Waals surface area (Å²) < 4.78 is 6.88. The van der Waals surface area contributed by atoms with Crippen LogP contribution in [-0.2, 0) is 11.2 Å². The highest BCUT2D eigenvalue weighted by atomic mass is 35.5. The molecule has 0 saturated carbocycles. The van der Waals surface area contributed by atoms with Crippen molar-refractivity contribution in [2.24, 2.45) is 0 Å². The molecule has 1 aliphatic heterocycles. The van der Waals surface area contributed by atoms with E-state index in [2.05, 4.69) is 19.1 Å². The number of aryl methyl sites for hydroxylation is 1. The Balaban J connectivity index is 1.70. The largest absolute Gasteiger partial charge is 0.376 e. The number of anilines is 1. The van der Waals surface area contributed by atoms with Crippen molar-refractivity contribution in [3.05, 3.63) is 58.6 Å². The molecule has 4 rings (SSSR count). The van der Waals surface area contributed by atoms with E-state index in [0.717, 1.165) is 36.1 Å². The number of halogens is 1. The number of ether oxygens (including phenoxy) is 1. The summed E-state index contributed by atoms with van der Waals surface area (Å²) in [4.78, 5) is 19.7. The van der Waals surface area contributed by atoms with Crippen LogP contribution in [-0.4, -0.2) is 30.1 Å². The van der Waals surface area contributed by atoms with E-state index in [1.807, 2.05) is 6.07 Å². The first-order valence-corrected chi connectivity index (χ1v) is 10.4. The van der Waals surface area contributed by atoms with Gasteiger partial charge in [0.2, 0.25) is 0 Å². The summed E-state index contributed by atoms with van der Waals surface area (Å²) in [5.74, 6) is -0.0723. The normalized spacial score (nSPS) is 16.7. The van der Waals surface area contributed by atoms with E-state index in [1.54, 1.807) is 40.5 Å². The number of aromatic nitrogens is 1. The molecular weight excluding hydrogens is 380 g/mol. The van der Waals surface area contributed by atoms with Crippen LogP contribution in [0.4, 0.5) is 5.13 Å². The van der Waals surface area contributed by atoms with Crippen LogP contribution in [0, 0.1) is 0 Å². The predicted molar refractivity (Wildman–Crippen MR) is 111 cm³/mol. The molecule has 1 amide bonds. The maximum Gasteiger partial charge on any atom is 0.260 e. The van der Waals surface area contributed by atoms with Crippen LogP contribution in [0.5, 0.6) is 0 Å². The highest BCUT2D eigenvalue weighted by Gasteiger charge is 2.27. The highest BCUT2D eigenvalue weighted by molar-refractivity contribution is 7.22. The lowest BCUT2D eigenvalue weighted by molar-refractivity contribution is 0.0917. The number of nitrogens with zero attached hydrogens (tertiary/aromatic N) is 2. The molecule has 1 atom stereocenters. The average molecular weight is 401 g/mol. The molecule has 0 spiro atoms. The van der Waals surface area contributed by atoms with Crippen molar-refractivity contribution < 1.29 is 9.53 Å². The molecular formula is C21H21ClN2O2S. The molecule has 27 heavy (non-hydrogen) atoms. The van der Waals surface area contributed by atoms with Gasteiger partial charge in [0.15, 0.2) is 5.13 Å². The first-order chi connectivity index (χ1) is 13.1. The molecule has 0 N–H and O–H groups in total. The summed E-state index contributed by atoms with van der Waals surface area (Å²) in [6.07, 6.45) is 3.04. The standard InChI is InChI=1S/C21H21ClN2O2S/c1-2-14-5-10-18-19(12-14)27-21(23-18)24(13-17-4-3-11-26-17)20(25)15-6-8-16(22)9-7-15/h5-10,12,17H,2-4,11,13H2,1H3. The molecule has 6 heteroatoms. The summed E-state index contributed by atoms with van der Waals surface area (Å²) in [6, 6.07) is 13.3. The third-order valence-electron chi connectivity index (χ3n) is 4.83. The van der Waals surface area contributed by atoms with Gasteiger partial charge in [-0.05, 0) is 61.2 Å². The molecule has 3 aromatic rings. The van der Waals surface area contributed by atoms with E-state index >= 15 is 0 Å². The second kappa shape index (κ2) is 7.97. The molecule has 0 bridgehead atoms. The summed E-state index contributed by atoms with van der Waals surface area (Å²) >= 11 is 7.53. The Labute approximate surface area is 167 Å². The lowest BCUT2D eigenvalue weighted by atomic mass is 10.1. The maximum atomic E-state index is 13.2. The minimum Gasteiger partial charge on any atom is -0.376 e. The first kappa shape index (κ1) is 18.4. The van der Waals surface area contributed by atoms with Crippen LogP contribution in [0.15, 0.2) is 42.5 Å². The van der Waals surface area contributed by atoms with Crippen LogP contribution in [0.2, 0.25) is 5.02 Å². The number of carbonyl (C=O) groups is 1. The predicted octanol–water partition coefficient (Wildman–Crippen LogP) is 5.34. The molecule has 140 valence electrons. The van der Waals surface area contributed by atoms with Crippen molar-refractivity contribution in [3.63, 3.8) is 0 Å². The quantitative estimate of drug-likeness (QED) is 0.580. The number of benzene rings is 2. The molecule has 1 unspecified atom stereocenters. The highest BCUT2D eigenvalue weighted by Crippen LogP contribution is 2.31. The van der Waals surface area contributed by atoms with Gasteiger partial charge in [-0.15, -0.1) is 0 Å². The zero-order chi connectivity index (χ0) is 18.8. The van der Waals surface area contributed by atoms with Crippen molar-refractivity contribution in [2.45, 2.75) is 32.3 Å². The fourth-order valence-electron chi connectivity index (χ4n) is 3.28. The van der Waals surface area contributed by atoms with Gasteiger partial charge in [-0.2, -0.15) is 0 Å². The third-order valence-corrected chi connectivity index (χ3v) is 6.12. The third kappa shape index (κ3) is 4.00. The average Bonchev–Trinajstić information content (AvgIpc) is 3.34. The van der Waals surface area contributed by atoms with E-state index in [9.17, 15) is 4.79 Å². The first-order valence-electron chi connectivity index (χ1n) is 9.22. The number of fused-ring (bicyclic) bond motifs is 1. The molecule has 2 aromatic carbocycles. The summed E-state index contributed by atoms with van der Waals surface area (Å²) in [5.41, 5.74) is 2.80. The topological polar surface area (TPSA) is 42.4 Å². The number of amides is 1. The molecule has 1 aromatic heterocycles. The Morgan fingerprint density at radius 2 is 2.11 bits per heavy atom. The van der Waals surface area contributed by atoms with Crippen molar-refractivity contribution in [3.8, 4) is 0 Å². The summed E-state index contributed by atoms with van der Waals surface area (Å²) in [6.45, 7) is 3.41. The molecule has 0 radical (unpaired) electrons. The smallest absolute Gasteiger partial charge is 0.260 e. The second-order valence-corrected chi connectivity index (χ2v) is 8.16. The second-order valence-electron chi connectivity index (χ2n) is 6.71. The summed E-state index contributed by atoms with van der Waals surface area (Å²) in [5, 5.41) is 1.33. The summed E-state index contributed by atoms with van der Waals surface area (Å²) in [7, 11) is 0. The Hall–Kier alpha value is -1.95. The van der Waals surface area contributed by atoms with Crippen LogP contribution in [0.1, 0.15) is 35.7 Å². The molecule has 0 aliphatic carbocycles. The van der Waals surface area contributed by atoms with Gasteiger partial charge < -0.3 is 4.74 Å². The van der Waals surface area contributed by atoms with Crippen LogP contribution in [0.25, 0.3) is 10.2 Å². The maximum absolute atomic E-state index is 13.2. The lowest BCUT2D eigenvalue weighted by Crippen LogP contribution is -2.37. The minimum absolute atomic E-state index is 0.0551. The molecule has 4 nitrogen and oxygen atoms in total. The van der Waals surface area contributed by atoms with Gasteiger partial charge in [-0.1, -0.05) is 35.9 Å². The Kier molecular flexibility index (Phi) is 5.43. The van der Waals surface area contributed by atoms with E-state index in [0.29, 0.717) is 22.3 Å². The lowest BCUT2D eigenvalue weighted by Gasteiger charge is -2.23. The molecule has 1 saturated heterocycles. The van der Waals surface area contributed by atoms with Crippen LogP contribution < -0.4 is 4.90 Å². The van der Waals surface area contributed by atoms with E-state index in [4.69, 9.17) is 21.3 Å². The monoisotopic (exact) mass is 400 g/mol. The zero-order valence-electron chi connectivity index (χ0n) is 15.2.